The maximum atomic E-state index is 5.34. The Kier molecular flexibility index (Phi) is 3.96. The van der Waals surface area contributed by atoms with Crippen molar-refractivity contribution < 1.29 is 4.74 Å². The van der Waals surface area contributed by atoms with Crippen molar-refractivity contribution in [1.82, 2.24) is 15.1 Å². The first-order valence-corrected chi connectivity index (χ1v) is 7.14. The van der Waals surface area contributed by atoms with E-state index in [-0.39, 0.29) is 0 Å². The molecular formula is C15H21N5O. The molecule has 1 fully saturated rings. The van der Waals surface area contributed by atoms with E-state index in [2.05, 4.69) is 38.4 Å². The summed E-state index contributed by atoms with van der Waals surface area (Å²) in [5.74, 6) is 1.72. The number of benzene rings is 1. The molecule has 0 atom stereocenters. The second kappa shape index (κ2) is 6.05. The molecule has 6 heteroatoms. The predicted molar refractivity (Wildman–Crippen MR) is 84.6 cm³/mol. The summed E-state index contributed by atoms with van der Waals surface area (Å²) in [7, 11) is 3.85. The number of methoxy groups -OCH3 is 1. The summed E-state index contributed by atoms with van der Waals surface area (Å²) in [6.45, 7) is 4.21. The number of likely N-dealkylation sites (N-methyl/N-ethyl adjacent to an activating group) is 1. The molecule has 0 saturated carbocycles. The monoisotopic (exact) mass is 287 g/mol. The van der Waals surface area contributed by atoms with Gasteiger partial charge in [-0.3, -0.25) is 5.10 Å². The fraction of sp³-hybridized carbons (Fsp3) is 0.400. The summed E-state index contributed by atoms with van der Waals surface area (Å²) in [6.07, 6.45) is 1.73. The molecule has 2 aromatic rings. The average Bonchev–Trinajstić information content (AvgIpc) is 3.01. The fourth-order valence-corrected chi connectivity index (χ4v) is 2.54. The molecule has 1 aliphatic heterocycles. The third-order valence-electron chi connectivity index (χ3n) is 3.82. The van der Waals surface area contributed by atoms with Gasteiger partial charge in [-0.15, -0.1) is 0 Å². The fourth-order valence-electron chi connectivity index (χ4n) is 2.54. The molecule has 1 aliphatic rings. The van der Waals surface area contributed by atoms with Gasteiger partial charge >= 0.3 is 0 Å². The van der Waals surface area contributed by atoms with E-state index >= 15 is 0 Å². The standard InChI is InChI=1S/C15H21N5O/c1-19-7-9-20(10-8-19)14-4-3-12(21-2)11-13(14)17-15-5-6-16-18-15/h3-6,11H,7-10H2,1-2H3,(H2,16,17,18). The van der Waals surface area contributed by atoms with Crippen LogP contribution in [0.2, 0.25) is 0 Å². The van der Waals surface area contributed by atoms with E-state index < -0.39 is 0 Å². The van der Waals surface area contributed by atoms with Gasteiger partial charge in [-0.25, -0.2) is 0 Å². The van der Waals surface area contributed by atoms with Crippen LogP contribution in [-0.4, -0.2) is 55.4 Å². The number of piperazine rings is 1. The van der Waals surface area contributed by atoms with Crippen molar-refractivity contribution in [3.8, 4) is 5.75 Å². The Hall–Kier alpha value is -2.21. The van der Waals surface area contributed by atoms with Gasteiger partial charge in [-0.05, 0) is 19.2 Å². The molecule has 1 saturated heterocycles. The van der Waals surface area contributed by atoms with Crippen molar-refractivity contribution in [1.29, 1.82) is 0 Å². The third-order valence-corrected chi connectivity index (χ3v) is 3.82. The van der Waals surface area contributed by atoms with E-state index in [1.54, 1.807) is 13.3 Å². The highest BCUT2D eigenvalue weighted by Crippen LogP contribution is 2.32. The summed E-state index contributed by atoms with van der Waals surface area (Å²) in [5.41, 5.74) is 2.22. The van der Waals surface area contributed by atoms with Crippen LogP contribution in [0.4, 0.5) is 17.2 Å². The lowest BCUT2D eigenvalue weighted by Crippen LogP contribution is -2.44. The molecule has 2 heterocycles. The minimum atomic E-state index is 0.842. The minimum Gasteiger partial charge on any atom is -0.497 e. The zero-order valence-corrected chi connectivity index (χ0v) is 12.5. The third kappa shape index (κ3) is 3.11. The number of nitrogens with zero attached hydrogens (tertiary/aromatic N) is 3. The smallest absolute Gasteiger partial charge is 0.125 e. The number of hydrogen-bond acceptors (Lipinski definition) is 5. The zero-order chi connectivity index (χ0) is 14.7. The van der Waals surface area contributed by atoms with Gasteiger partial charge < -0.3 is 19.9 Å². The molecule has 0 unspecified atom stereocenters. The van der Waals surface area contributed by atoms with E-state index in [0.717, 1.165) is 43.4 Å². The SMILES string of the molecule is COc1ccc(N2CCN(C)CC2)c(Nc2ccn[nH]2)c1. The topological polar surface area (TPSA) is 56.4 Å². The van der Waals surface area contributed by atoms with Crippen LogP contribution in [0.5, 0.6) is 5.75 Å². The second-order valence-electron chi connectivity index (χ2n) is 5.27. The summed E-state index contributed by atoms with van der Waals surface area (Å²) in [5, 5.41) is 10.3. The second-order valence-corrected chi connectivity index (χ2v) is 5.27. The van der Waals surface area contributed by atoms with Crippen molar-refractivity contribution in [3.63, 3.8) is 0 Å². The van der Waals surface area contributed by atoms with E-state index in [1.807, 2.05) is 18.2 Å². The van der Waals surface area contributed by atoms with Crippen molar-refractivity contribution in [3.05, 3.63) is 30.5 Å². The van der Waals surface area contributed by atoms with Crippen LogP contribution in [0.25, 0.3) is 0 Å². The summed E-state index contributed by atoms with van der Waals surface area (Å²) in [6, 6.07) is 8.05. The Morgan fingerprint density at radius 1 is 1.19 bits per heavy atom. The maximum absolute atomic E-state index is 5.34. The van der Waals surface area contributed by atoms with Gasteiger partial charge in [-0.2, -0.15) is 5.10 Å². The van der Waals surface area contributed by atoms with Crippen molar-refractivity contribution >= 4 is 17.2 Å². The van der Waals surface area contributed by atoms with Gasteiger partial charge in [0.25, 0.3) is 0 Å². The number of anilines is 3. The van der Waals surface area contributed by atoms with Crippen LogP contribution in [-0.2, 0) is 0 Å². The van der Waals surface area contributed by atoms with E-state index in [1.165, 1.54) is 5.69 Å². The Bertz CT molecular complexity index is 576. The van der Waals surface area contributed by atoms with Crippen LogP contribution in [0.1, 0.15) is 0 Å². The van der Waals surface area contributed by atoms with Crippen LogP contribution < -0.4 is 15.0 Å². The Balaban J connectivity index is 1.87. The van der Waals surface area contributed by atoms with E-state index in [0.29, 0.717) is 0 Å². The molecule has 0 amide bonds. The van der Waals surface area contributed by atoms with Crippen LogP contribution in [0.15, 0.2) is 30.5 Å². The molecular weight excluding hydrogens is 266 g/mol. The summed E-state index contributed by atoms with van der Waals surface area (Å²) in [4.78, 5) is 4.75. The summed E-state index contributed by atoms with van der Waals surface area (Å²) >= 11 is 0. The largest absolute Gasteiger partial charge is 0.497 e. The van der Waals surface area contributed by atoms with E-state index in [9.17, 15) is 0 Å². The van der Waals surface area contributed by atoms with Gasteiger partial charge in [0.2, 0.25) is 0 Å². The van der Waals surface area contributed by atoms with Crippen LogP contribution in [0, 0.1) is 0 Å². The Morgan fingerprint density at radius 2 is 2.00 bits per heavy atom. The molecule has 21 heavy (non-hydrogen) atoms. The molecule has 1 aromatic heterocycles. The number of nitrogens with one attached hydrogen (secondary N) is 2. The van der Waals surface area contributed by atoms with Crippen molar-refractivity contribution in [2.75, 3.05) is 50.6 Å². The number of aromatic nitrogens is 2. The van der Waals surface area contributed by atoms with Crippen molar-refractivity contribution in [2.45, 2.75) is 0 Å². The highest BCUT2D eigenvalue weighted by atomic mass is 16.5. The van der Waals surface area contributed by atoms with E-state index in [4.69, 9.17) is 4.74 Å². The first-order valence-electron chi connectivity index (χ1n) is 7.14. The predicted octanol–water partition coefficient (Wildman–Crippen LogP) is 1.91. The molecule has 0 radical (unpaired) electrons. The van der Waals surface area contributed by atoms with Gasteiger partial charge in [0, 0.05) is 38.3 Å². The number of rotatable bonds is 4. The van der Waals surface area contributed by atoms with Gasteiger partial charge in [-0.1, -0.05) is 0 Å². The van der Waals surface area contributed by atoms with Gasteiger partial charge in [0.05, 0.1) is 24.7 Å². The zero-order valence-electron chi connectivity index (χ0n) is 12.5. The minimum absolute atomic E-state index is 0.842. The molecule has 1 aromatic carbocycles. The lowest BCUT2D eigenvalue weighted by atomic mass is 10.2. The Labute approximate surface area is 124 Å². The molecule has 112 valence electrons. The highest BCUT2D eigenvalue weighted by Gasteiger charge is 2.17. The summed E-state index contributed by atoms with van der Waals surface area (Å²) < 4.78 is 5.34. The van der Waals surface area contributed by atoms with Crippen LogP contribution in [0.3, 0.4) is 0 Å². The molecule has 6 nitrogen and oxygen atoms in total. The lowest BCUT2D eigenvalue weighted by Gasteiger charge is -2.35. The lowest BCUT2D eigenvalue weighted by molar-refractivity contribution is 0.313. The van der Waals surface area contributed by atoms with Gasteiger partial charge in [0.15, 0.2) is 0 Å². The highest BCUT2D eigenvalue weighted by molar-refractivity contribution is 5.76. The van der Waals surface area contributed by atoms with Crippen LogP contribution >= 0.6 is 0 Å². The molecule has 0 spiro atoms. The van der Waals surface area contributed by atoms with Gasteiger partial charge in [0.1, 0.15) is 11.6 Å². The normalized spacial score (nSPS) is 16.0. The molecule has 2 N–H and O–H groups in total. The molecule has 3 rings (SSSR count). The first-order chi connectivity index (χ1) is 10.3. The number of H-pyrrole nitrogens is 1. The molecule has 0 aliphatic carbocycles. The number of hydrogen-bond donors (Lipinski definition) is 2. The number of ether oxygens (including phenoxy) is 1. The van der Waals surface area contributed by atoms with Crippen molar-refractivity contribution in [2.24, 2.45) is 0 Å². The molecule has 0 bridgehead atoms. The maximum Gasteiger partial charge on any atom is 0.125 e. The number of aromatic amines is 1. The Morgan fingerprint density at radius 3 is 2.67 bits per heavy atom. The first kappa shape index (κ1) is 13.8. The average molecular weight is 287 g/mol. The quantitative estimate of drug-likeness (QED) is 0.899.